The topological polar surface area (TPSA) is 34.0 Å². The van der Waals surface area contributed by atoms with Gasteiger partial charge in [0.15, 0.2) is 0 Å². The van der Waals surface area contributed by atoms with E-state index >= 15 is 0 Å². The Balaban J connectivity index is 1.66. The minimum atomic E-state index is -0.0170. The van der Waals surface area contributed by atoms with Crippen LogP contribution in [0.2, 0.25) is 0 Å². The van der Waals surface area contributed by atoms with Gasteiger partial charge < -0.3 is 9.88 Å². The molecular formula is C19H20N2O. The molecule has 0 spiro atoms. The number of nitrogens with one attached hydrogen (secondary N) is 1. The summed E-state index contributed by atoms with van der Waals surface area (Å²) in [5, 5.41) is 4.15. The minimum Gasteiger partial charge on any atom is -0.352 e. The van der Waals surface area contributed by atoms with Gasteiger partial charge in [0.2, 0.25) is 0 Å². The maximum absolute atomic E-state index is 12.3. The lowest BCUT2D eigenvalue weighted by atomic mass is 10.1. The summed E-state index contributed by atoms with van der Waals surface area (Å²) < 4.78 is 2.03. The third-order valence-corrected chi connectivity index (χ3v) is 4.09. The van der Waals surface area contributed by atoms with E-state index < -0.39 is 0 Å². The molecule has 1 amide bonds. The summed E-state index contributed by atoms with van der Waals surface area (Å²) in [6, 6.07) is 16.1. The quantitative estimate of drug-likeness (QED) is 0.785. The number of carbonyl (C=O) groups excluding carboxylic acids is 1. The molecule has 0 unspecified atom stereocenters. The third-order valence-electron chi connectivity index (χ3n) is 4.09. The van der Waals surface area contributed by atoms with Gasteiger partial charge in [-0.05, 0) is 48.1 Å². The Morgan fingerprint density at radius 1 is 1.14 bits per heavy atom. The van der Waals surface area contributed by atoms with Gasteiger partial charge in [-0.3, -0.25) is 4.79 Å². The van der Waals surface area contributed by atoms with Crippen LogP contribution in [0.4, 0.5) is 0 Å². The van der Waals surface area contributed by atoms with Crippen LogP contribution in [0.1, 0.15) is 21.5 Å². The predicted octanol–water partition coefficient (Wildman–Crippen LogP) is 3.46. The maximum atomic E-state index is 12.3. The number of hydrogen-bond acceptors (Lipinski definition) is 1. The predicted molar refractivity (Wildman–Crippen MR) is 90.1 cm³/mol. The van der Waals surface area contributed by atoms with Gasteiger partial charge in [-0.1, -0.05) is 30.3 Å². The summed E-state index contributed by atoms with van der Waals surface area (Å²) in [7, 11) is 1.99. The molecule has 0 saturated heterocycles. The van der Waals surface area contributed by atoms with Crippen LogP contribution >= 0.6 is 0 Å². The fourth-order valence-electron chi connectivity index (χ4n) is 2.71. The molecule has 0 aliphatic carbocycles. The average molecular weight is 292 g/mol. The van der Waals surface area contributed by atoms with Gasteiger partial charge in [-0.15, -0.1) is 0 Å². The highest BCUT2D eigenvalue weighted by Gasteiger charge is 2.07. The van der Waals surface area contributed by atoms with E-state index in [1.54, 1.807) is 0 Å². The Hall–Kier alpha value is -2.55. The molecule has 0 aliphatic heterocycles. The molecule has 0 atom stereocenters. The number of aryl methyl sites for hydroxylation is 2. The highest BCUT2D eigenvalue weighted by molar-refractivity contribution is 5.98. The van der Waals surface area contributed by atoms with E-state index in [1.807, 2.05) is 48.1 Å². The second kappa shape index (κ2) is 6.06. The van der Waals surface area contributed by atoms with Gasteiger partial charge in [0.25, 0.3) is 5.91 Å². The summed E-state index contributed by atoms with van der Waals surface area (Å²) >= 11 is 0. The molecule has 3 nitrogen and oxygen atoms in total. The molecule has 1 aromatic heterocycles. The van der Waals surface area contributed by atoms with Crippen molar-refractivity contribution in [2.45, 2.75) is 13.3 Å². The SMILES string of the molecule is Cc1ccccc1CCNC(=O)c1ccc2ccn(C)c2c1. The van der Waals surface area contributed by atoms with Crippen LogP contribution in [0.5, 0.6) is 0 Å². The Kier molecular flexibility index (Phi) is 3.96. The lowest BCUT2D eigenvalue weighted by molar-refractivity contribution is 0.0954. The molecule has 3 aromatic rings. The Morgan fingerprint density at radius 2 is 1.95 bits per heavy atom. The van der Waals surface area contributed by atoms with Gasteiger partial charge in [0, 0.05) is 30.9 Å². The van der Waals surface area contributed by atoms with Crippen molar-refractivity contribution >= 4 is 16.8 Å². The molecule has 112 valence electrons. The number of aromatic nitrogens is 1. The zero-order chi connectivity index (χ0) is 15.5. The zero-order valence-corrected chi connectivity index (χ0v) is 13.0. The van der Waals surface area contributed by atoms with Crippen LogP contribution in [-0.2, 0) is 13.5 Å². The maximum Gasteiger partial charge on any atom is 0.251 e. The first-order valence-electron chi connectivity index (χ1n) is 7.53. The van der Waals surface area contributed by atoms with Crippen molar-refractivity contribution in [3.8, 4) is 0 Å². The first-order chi connectivity index (χ1) is 10.6. The molecule has 2 aromatic carbocycles. The summed E-state index contributed by atoms with van der Waals surface area (Å²) in [6.45, 7) is 2.75. The zero-order valence-electron chi connectivity index (χ0n) is 13.0. The molecule has 1 N–H and O–H groups in total. The van der Waals surface area contributed by atoms with Crippen molar-refractivity contribution < 1.29 is 4.79 Å². The molecule has 3 heteroatoms. The lowest BCUT2D eigenvalue weighted by Crippen LogP contribution is -2.25. The smallest absolute Gasteiger partial charge is 0.251 e. The average Bonchev–Trinajstić information content (AvgIpc) is 2.90. The number of hydrogen-bond donors (Lipinski definition) is 1. The van der Waals surface area contributed by atoms with Crippen molar-refractivity contribution in [1.29, 1.82) is 0 Å². The summed E-state index contributed by atoms with van der Waals surface area (Å²) in [5.41, 5.74) is 4.33. The van der Waals surface area contributed by atoms with Crippen LogP contribution < -0.4 is 5.32 Å². The molecule has 0 bridgehead atoms. The first-order valence-corrected chi connectivity index (χ1v) is 7.53. The van der Waals surface area contributed by atoms with Crippen LogP contribution in [-0.4, -0.2) is 17.0 Å². The Morgan fingerprint density at radius 3 is 2.77 bits per heavy atom. The van der Waals surface area contributed by atoms with Crippen LogP contribution in [0.15, 0.2) is 54.7 Å². The molecule has 0 aliphatic rings. The van der Waals surface area contributed by atoms with Gasteiger partial charge in [0.1, 0.15) is 0 Å². The highest BCUT2D eigenvalue weighted by atomic mass is 16.1. The van der Waals surface area contributed by atoms with Gasteiger partial charge in [0.05, 0.1) is 0 Å². The fraction of sp³-hybridized carbons (Fsp3) is 0.211. The number of fused-ring (bicyclic) bond motifs is 1. The lowest BCUT2D eigenvalue weighted by Gasteiger charge is -2.08. The molecule has 3 rings (SSSR count). The standard InChI is InChI=1S/C19H20N2O/c1-14-5-3-4-6-15(14)9-11-20-19(22)17-8-7-16-10-12-21(2)18(16)13-17/h3-8,10,12-13H,9,11H2,1-2H3,(H,20,22). The van der Waals surface area contributed by atoms with Gasteiger partial charge >= 0.3 is 0 Å². The summed E-state index contributed by atoms with van der Waals surface area (Å²) in [5.74, 6) is -0.0170. The second-order valence-electron chi connectivity index (χ2n) is 5.63. The van der Waals surface area contributed by atoms with Crippen molar-refractivity contribution in [3.63, 3.8) is 0 Å². The van der Waals surface area contributed by atoms with Crippen molar-refractivity contribution in [3.05, 3.63) is 71.4 Å². The van der Waals surface area contributed by atoms with Crippen LogP contribution in [0, 0.1) is 6.92 Å². The van der Waals surface area contributed by atoms with E-state index in [4.69, 9.17) is 0 Å². The van der Waals surface area contributed by atoms with Crippen LogP contribution in [0.3, 0.4) is 0 Å². The Bertz CT molecular complexity index is 817. The van der Waals surface area contributed by atoms with Crippen molar-refractivity contribution in [1.82, 2.24) is 9.88 Å². The van der Waals surface area contributed by atoms with Gasteiger partial charge in [-0.2, -0.15) is 0 Å². The fourth-order valence-corrected chi connectivity index (χ4v) is 2.71. The van der Waals surface area contributed by atoms with Crippen molar-refractivity contribution in [2.24, 2.45) is 7.05 Å². The van der Waals surface area contributed by atoms with E-state index in [0.717, 1.165) is 17.3 Å². The molecule has 0 fully saturated rings. The first kappa shape index (κ1) is 14.4. The van der Waals surface area contributed by atoms with E-state index in [1.165, 1.54) is 11.1 Å². The van der Waals surface area contributed by atoms with E-state index in [-0.39, 0.29) is 5.91 Å². The van der Waals surface area contributed by atoms with Gasteiger partial charge in [-0.25, -0.2) is 0 Å². The number of benzene rings is 2. The van der Waals surface area contributed by atoms with Crippen LogP contribution in [0.25, 0.3) is 10.9 Å². The molecular weight excluding hydrogens is 272 g/mol. The Labute approximate surface area is 130 Å². The van der Waals surface area contributed by atoms with E-state index in [0.29, 0.717) is 12.1 Å². The number of amides is 1. The number of nitrogens with zero attached hydrogens (tertiary/aromatic N) is 1. The normalized spacial score (nSPS) is 10.8. The molecule has 22 heavy (non-hydrogen) atoms. The highest BCUT2D eigenvalue weighted by Crippen LogP contribution is 2.16. The summed E-state index contributed by atoms with van der Waals surface area (Å²) in [4.78, 5) is 12.3. The summed E-state index contributed by atoms with van der Waals surface area (Å²) in [6.07, 6.45) is 2.86. The van der Waals surface area contributed by atoms with Crippen molar-refractivity contribution in [2.75, 3.05) is 6.54 Å². The van der Waals surface area contributed by atoms with E-state index in [2.05, 4.69) is 30.4 Å². The number of carbonyl (C=O) groups is 1. The monoisotopic (exact) mass is 292 g/mol. The molecule has 0 saturated carbocycles. The molecule has 0 radical (unpaired) electrons. The number of rotatable bonds is 4. The van der Waals surface area contributed by atoms with E-state index in [9.17, 15) is 4.79 Å². The minimum absolute atomic E-state index is 0.0170. The third kappa shape index (κ3) is 2.89. The molecule has 1 heterocycles. The second-order valence-corrected chi connectivity index (χ2v) is 5.63. The largest absolute Gasteiger partial charge is 0.352 e.